The third-order valence-corrected chi connectivity index (χ3v) is 7.66. The fraction of sp³-hybridized carbons (Fsp3) is 0.214. The molecular formula is C28H25N5O5S2. The number of ether oxygens (including phenoxy) is 4. The number of aromatic nitrogens is 2. The van der Waals surface area contributed by atoms with Gasteiger partial charge in [0, 0.05) is 22.3 Å². The zero-order valence-corrected chi connectivity index (χ0v) is 23.6. The lowest BCUT2D eigenvalue weighted by molar-refractivity contribution is 0.201. The summed E-state index contributed by atoms with van der Waals surface area (Å²) in [5.74, 6) is 2.59. The maximum atomic E-state index is 10.1. The van der Waals surface area contributed by atoms with Gasteiger partial charge < -0.3 is 29.8 Å². The van der Waals surface area contributed by atoms with Gasteiger partial charge in [0.05, 0.1) is 45.8 Å². The molecular weight excluding hydrogens is 550 g/mol. The number of aliphatic hydroxyl groups excluding tert-OH is 1. The minimum atomic E-state index is -0.105. The average molecular weight is 576 g/mol. The summed E-state index contributed by atoms with van der Waals surface area (Å²) in [6.45, 7) is 7.72. The van der Waals surface area contributed by atoms with Crippen molar-refractivity contribution in [3.63, 3.8) is 0 Å². The largest absolute Gasteiger partial charge is 0.493 e. The Labute approximate surface area is 239 Å². The van der Waals surface area contributed by atoms with Gasteiger partial charge in [-0.05, 0) is 29.8 Å². The number of anilines is 1. The lowest BCUT2D eigenvalue weighted by atomic mass is 10.00. The minimum Gasteiger partial charge on any atom is -0.493 e. The fourth-order valence-corrected chi connectivity index (χ4v) is 5.71. The smallest absolute Gasteiger partial charge is 0.236 e. The van der Waals surface area contributed by atoms with Crippen LogP contribution in [0.4, 0.5) is 11.5 Å². The Hall–Kier alpha value is -4.49. The highest BCUT2D eigenvalue weighted by Gasteiger charge is 2.21. The summed E-state index contributed by atoms with van der Waals surface area (Å²) in [4.78, 5) is 12.7. The normalized spacial score (nSPS) is 10.4. The summed E-state index contributed by atoms with van der Waals surface area (Å²) in [6.07, 6.45) is 0. The summed E-state index contributed by atoms with van der Waals surface area (Å²) < 4.78 is 21.7. The number of thiazole rings is 1. The standard InChI is InChI=1S/C28H25N5O5S2/c1-31-24-23(16-5-7-19(8-6-16)38-10-9-34)20(13-29)28(33-26(24)30)40-15-18-14-39-27(32-18)17-11-21(35-2)25(37-4)22(12-17)36-3/h5-8,11-12,14,34H,9-10,15H2,2-4H3,(H2,30,33). The molecule has 12 heteroatoms. The quantitative estimate of drug-likeness (QED) is 0.173. The molecule has 0 aliphatic heterocycles. The van der Waals surface area contributed by atoms with Crippen LogP contribution in [-0.2, 0) is 5.75 Å². The molecule has 0 bridgehead atoms. The van der Waals surface area contributed by atoms with Crippen LogP contribution in [0.1, 0.15) is 11.3 Å². The molecule has 204 valence electrons. The molecule has 40 heavy (non-hydrogen) atoms. The molecule has 0 atom stereocenters. The van der Waals surface area contributed by atoms with Gasteiger partial charge in [0.2, 0.25) is 11.4 Å². The Balaban J connectivity index is 1.63. The van der Waals surface area contributed by atoms with Crippen LogP contribution in [0, 0.1) is 17.9 Å². The van der Waals surface area contributed by atoms with Crippen molar-refractivity contribution in [2.24, 2.45) is 0 Å². The highest BCUT2D eigenvalue weighted by molar-refractivity contribution is 7.98. The molecule has 0 radical (unpaired) electrons. The Morgan fingerprint density at radius 2 is 1.77 bits per heavy atom. The molecule has 0 saturated heterocycles. The summed E-state index contributed by atoms with van der Waals surface area (Å²) in [7, 11) is 4.67. The number of rotatable bonds is 11. The molecule has 4 aromatic rings. The number of hydrogen-bond donors (Lipinski definition) is 2. The van der Waals surface area contributed by atoms with Gasteiger partial charge in [0.25, 0.3) is 0 Å². The Morgan fingerprint density at radius 1 is 1.07 bits per heavy atom. The maximum absolute atomic E-state index is 10.1. The minimum absolute atomic E-state index is 0.0449. The first-order valence-electron chi connectivity index (χ1n) is 11.8. The molecule has 0 aliphatic carbocycles. The average Bonchev–Trinajstić information content (AvgIpc) is 3.47. The topological polar surface area (TPSA) is 137 Å². The monoisotopic (exact) mass is 575 g/mol. The molecule has 0 unspecified atom stereocenters. The van der Waals surface area contributed by atoms with Gasteiger partial charge in [0.15, 0.2) is 11.5 Å². The number of nitrogens with zero attached hydrogens (tertiary/aromatic N) is 4. The second-order valence-corrected chi connectivity index (χ2v) is 9.89. The summed E-state index contributed by atoms with van der Waals surface area (Å²) in [5, 5.41) is 22.2. The Kier molecular flexibility index (Phi) is 9.30. The van der Waals surface area contributed by atoms with Gasteiger partial charge >= 0.3 is 0 Å². The molecule has 3 N–H and O–H groups in total. The first-order chi connectivity index (χ1) is 19.5. The number of nitrogens with two attached hydrogens (primary N) is 1. The number of hydrogen-bond acceptors (Lipinski definition) is 11. The second-order valence-electron chi connectivity index (χ2n) is 8.07. The van der Waals surface area contributed by atoms with Crippen molar-refractivity contribution in [1.29, 1.82) is 5.26 Å². The van der Waals surface area contributed by atoms with E-state index >= 15 is 0 Å². The van der Waals surface area contributed by atoms with Crippen LogP contribution < -0.4 is 24.7 Å². The fourth-order valence-electron chi connectivity index (χ4n) is 3.91. The van der Waals surface area contributed by atoms with E-state index < -0.39 is 0 Å². The van der Waals surface area contributed by atoms with Crippen LogP contribution in [0.2, 0.25) is 0 Å². The number of nitriles is 1. The lowest BCUT2D eigenvalue weighted by Gasteiger charge is -2.13. The van der Waals surface area contributed by atoms with E-state index in [1.807, 2.05) is 17.5 Å². The number of benzene rings is 2. The zero-order valence-electron chi connectivity index (χ0n) is 21.9. The number of pyridine rings is 1. The molecule has 0 fully saturated rings. The van der Waals surface area contributed by atoms with E-state index in [0.717, 1.165) is 16.3 Å². The highest BCUT2D eigenvalue weighted by Crippen LogP contribution is 2.44. The molecule has 2 heterocycles. The second kappa shape index (κ2) is 13.0. The van der Waals surface area contributed by atoms with Gasteiger partial charge in [-0.25, -0.2) is 14.8 Å². The number of aliphatic hydroxyl groups is 1. The van der Waals surface area contributed by atoms with Crippen molar-refractivity contribution in [3.05, 3.63) is 64.5 Å². The highest BCUT2D eigenvalue weighted by atomic mass is 32.2. The third kappa shape index (κ3) is 5.90. The van der Waals surface area contributed by atoms with Gasteiger partial charge in [0.1, 0.15) is 34.3 Å². The van der Waals surface area contributed by atoms with Crippen molar-refractivity contribution in [1.82, 2.24) is 9.97 Å². The van der Waals surface area contributed by atoms with E-state index in [0.29, 0.717) is 44.9 Å². The van der Waals surface area contributed by atoms with Crippen molar-refractivity contribution in [2.75, 3.05) is 40.3 Å². The van der Waals surface area contributed by atoms with Gasteiger partial charge in [-0.3, -0.25) is 0 Å². The summed E-state index contributed by atoms with van der Waals surface area (Å²) in [5.41, 5.74) is 9.18. The van der Waals surface area contributed by atoms with E-state index in [9.17, 15) is 5.26 Å². The molecule has 0 spiro atoms. The SMILES string of the molecule is [C-]#[N+]c1c(N)nc(SCc2csc(-c3cc(OC)c(OC)c(OC)c3)n2)c(C#N)c1-c1ccc(OCCO)cc1. The van der Waals surface area contributed by atoms with Crippen molar-refractivity contribution in [2.45, 2.75) is 10.8 Å². The van der Waals surface area contributed by atoms with E-state index in [-0.39, 0.29) is 30.3 Å². The number of methoxy groups -OCH3 is 3. The van der Waals surface area contributed by atoms with Crippen LogP contribution in [0.25, 0.3) is 26.5 Å². The van der Waals surface area contributed by atoms with Crippen molar-refractivity contribution >= 4 is 34.6 Å². The van der Waals surface area contributed by atoms with E-state index in [4.69, 9.17) is 41.3 Å². The molecule has 4 rings (SSSR count). The van der Waals surface area contributed by atoms with Crippen LogP contribution in [-0.4, -0.2) is 49.6 Å². The number of nitrogen functional groups attached to an aromatic ring is 1. The van der Waals surface area contributed by atoms with Gasteiger partial charge in [-0.2, -0.15) is 5.26 Å². The predicted molar refractivity (Wildman–Crippen MR) is 154 cm³/mol. The summed E-state index contributed by atoms with van der Waals surface area (Å²) in [6, 6.07) is 12.8. The third-order valence-electron chi connectivity index (χ3n) is 5.71. The van der Waals surface area contributed by atoms with E-state index in [2.05, 4.69) is 15.9 Å². The Morgan fingerprint density at radius 3 is 2.35 bits per heavy atom. The molecule has 0 saturated carbocycles. The van der Waals surface area contributed by atoms with Gasteiger partial charge in [-0.1, -0.05) is 23.9 Å². The van der Waals surface area contributed by atoms with Crippen LogP contribution in [0.15, 0.2) is 46.8 Å². The molecule has 0 amide bonds. The Bertz CT molecular complexity index is 1570. The van der Waals surface area contributed by atoms with Gasteiger partial charge in [-0.15, -0.1) is 11.3 Å². The van der Waals surface area contributed by atoms with Crippen LogP contribution in [0.5, 0.6) is 23.0 Å². The van der Waals surface area contributed by atoms with E-state index in [1.54, 1.807) is 45.6 Å². The predicted octanol–water partition coefficient (Wildman–Crippen LogP) is 5.57. The first-order valence-corrected chi connectivity index (χ1v) is 13.7. The first kappa shape index (κ1) is 28.5. The number of thioether (sulfide) groups is 1. The van der Waals surface area contributed by atoms with Crippen LogP contribution in [0.3, 0.4) is 0 Å². The van der Waals surface area contributed by atoms with Crippen LogP contribution >= 0.6 is 23.1 Å². The molecule has 0 aliphatic rings. The zero-order chi connectivity index (χ0) is 28.6. The van der Waals surface area contributed by atoms with Crippen molar-refractivity contribution < 1.29 is 24.1 Å². The summed E-state index contributed by atoms with van der Waals surface area (Å²) >= 11 is 2.78. The maximum Gasteiger partial charge on any atom is 0.236 e. The molecule has 2 aromatic carbocycles. The lowest BCUT2D eigenvalue weighted by Crippen LogP contribution is -2.02. The molecule has 2 aromatic heterocycles. The van der Waals surface area contributed by atoms with E-state index in [1.165, 1.54) is 23.1 Å². The van der Waals surface area contributed by atoms with Crippen molar-refractivity contribution in [3.8, 4) is 50.8 Å². The molecule has 10 nitrogen and oxygen atoms in total.